The number of allylic oxidation sites excluding steroid dienone is 21. The lowest BCUT2D eigenvalue weighted by Crippen LogP contribution is -2.30. The monoisotopic (exact) mass is 855 g/mol. The molecule has 0 aliphatic heterocycles. The summed E-state index contributed by atoms with van der Waals surface area (Å²) in [6.45, 7) is 7.28. The minimum atomic E-state index is -0.613. The van der Waals surface area contributed by atoms with Gasteiger partial charge in [-0.1, -0.05) is 219 Å². The molecule has 1 atom stereocenters. The molecular formula is C57H90O5. The number of esters is 2. The van der Waals surface area contributed by atoms with E-state index >= 15 is 0 Å². The maximum absolute atomic E-state index is 12.7. The third-order valence-corrected chi connectivity index (χ3v) is 9.71. The highest BCUT2D eigenvalue weighted by Gasteiger charge is 2.17. The fraction of sp³-hybridized carbons (Fsp3) is 0.579. The number of carbonyl (C=O) groups excluding carboxylic acids is 2. The Morgan fingerprint density at radius 3 is 1.13 bits per heavy atom. The number of hydrogen-bond donors (Lipinski definition) is 0. The minimum Gasteiger partial charge on any atom is -0.462 e. The predicted molar refractivity (Wildman–Crippen MR) is 269 cm³/mol. The largest absolute Gasteiger partial charge is 0.462 e. The highest BCUT2D eigenvalue weighted by Crippen LogP contribution is 2.13. The summed E-state index contributed by atoms with van der Waals surface area (Å²) in [5, 5.41) is 0. The standard InChI is InChI=1S/C57H90O5/c1-4-7-10-13-16-19-22-24-26-28-29-30-31-33-36-38-41-44-47-50-56(58)61-54-55(62-57(59)51-48-45-42-39-35-21-18-15-12-9-6-3)53-60-52-49-46-43-40-37-34-32-27-25-23-20-17-14-11-8-5-2/h7-8,10-11,16-17,19-20,24-27,29-30,33-34,36-37,41,43-44,46,55H,4-6,9,12-15,18,21-23,28,31-32,35,38-40,42,45,47-54H2,1-3H3/b10-7-,11-8-,19-16-,20-17-,26-24-,27-25-,30-29-,36-33-,37-34-,44-41-,46-43-. The second-order valence-electron chi connectivity index (χ2n) is 15.6. The van der Waals surface area contributed by atoms with E-state index in [4.69, 9.17) is 14.2 Å². The SMILES string of the molecule is CC/C=C\C/C=C\C/C=C\C/C=C\C/C=C\C/C=C\CCC(=O)OCC(COCC/C=C\C/C=C\C/C=C\C/C=C\C/C=C\CC)OC(=O)CCCCCCCCCCCCC. The molecule has 0 amide bonds. The van der Waals surface area contributed by atoms with E-state index in [-0.39, 0.29) is 31.6 Å². The Morgan fingerprint density at radius 2 is 0.726 bits per heavy atom. The van der Waals surface area contributed by atoms with Gasteiger partial charge in [-0.25, -0.2) is 0 Å². The normalized spacial score (nSPS) is 13.4. The molecule has 0 saturated heterocycles. The molecule has 348 valence electrons. The van der Waals surface area contributed by atoms with Gasteiger partial charge in [0.1, 0.15) is 6.61 Å². The van der Waals surface area contributed by atoms with E-state index in [1.165, 1.54) is 51.4 Å². The van der Waals surface area contributed by atoms with Gasteiger partial charge < -0.3 is 14.2 Å². The van der Waals surface area contributed by atoms with Crippen LogP contribution in [0.5, 0.6) is 0 Å². The lowest BCUT2D eigenvalue weighted by molar-refractivity contribution is -0.162. The molecule has 0 aromatic heterocycles. The molecule has 62 heavy (non-hydrogen) atoms. The van der Waals surface area contributed by atoms with Crippen LogP contribution in [0, 0.1) is 0 Å². The van der Waals surface area contributed by atoms with Gasteiger partial charge in [0, 0.05) is 12.8 Å². The lowest BCUT2D eigenvalue weighted by Gasteiger charge is -2.18. The molecule has 0 saturated carbocycles. The first-order chi connectivity index (χ1) is 30.6. The fourth-order valence-electron chi connectivity index (χ4n) is 6.13. The molecule has 0 rings (SSSR count). The quantitative estimate of drug-likeness (QED) is 0.0347. The van der Waals surface area contributed by atoms with E-state index in [2.05, 4.69) is 148 Å². The van der Waals surface area contributed by atoms with Crippen LogP contribution in [0.1, 0.15) is 188 Å². The summed E-state index contributed by atoms with van der Waals surface area (Å²) >= 11 is 0. The third-order valence-electron chi connectivity index (χ3n) is 9.71. The Balaban J connectivity index is 4.50. The van der Waals surface area contributed by atoms with Crippen molar-refractivity contribution in [1.82, 2.24) is 0 Å². The second kappa shape index (κ2) is 51.4. The highest BCUT2D eigenvalue weighted by molar-refractivity contribution is 5.70. The molecule has 0 aromatic rings. The van der Waals surface area contributed by atoms with Crippen LogP contribution in [0.2, 0.25) is 0 Å². The van der Waals surface area contributed by atoms with Crippen molar-refractivity contribution in [3.63, 3.8) is 0 Å². The summed E-state index contributed by atoms with van der Waals surface area (Å²) in [4.78, 5) is 25.3. The van der Waals surface area contributed by atoms with Crippen LogP contribution < -0.4 is 0 Å². The van der Waals surface area contributed by atoms with Crippen molar-refractivity contribution in [3.05, 3.63) is 134 Å². The zero-order valence-electron chi connectivity index (χ0n) is 39.8. The van der Waals surface area contributed by atoms with Crippen LogP contribution in [-0.4, -0.2) is 37.9 Å². The molecule has 5 nitrogen and oxygen atoms in total. The van der Waals surface area contributed by atoms with E-state index in [0.29, 0.717) is 19.4 Å². The van der Waals surface area contributed by atoms with Gasteiger partial charge >= 0.3 is 11.9 Å². The van der Waals surface area contributed by atoms with E-state index in [1.54, 1.807) is 0 Å². The molecule has 0 heterocycles. The van der Waals surface area contributed by atoms with E-state index in [1.807, 2.05) is 6.08 Å². The topological polar surface area (TPSA) is 61.8 Å². The highest BCUT2D eigenvalue weighted by atomic mass is 16.6. The smallest absolute Gasteiger partial charge is 0.306 e. The number of hydrogen-bond acceptors (Lipinski definition) is 5. The Kier molecular flexibility index (Phi) is 48.1. The molecule has 0 N–H and O–H groups in total. The molecule has 0 radical (unpaired) electrons. The van der Waals surface area contributed by atoms with E-state index in [9.17, 15) is 9.59 Å². The molecule has 1 unspecified atom stereocenters. The Labute approximate surface area is 381 Å². The summed E-state index contributed by atoms with van der Waals surface area (Å²) in [5.74, 6) is -0.545. The van der Waals surface area contributed by atoms with Crippen LogP contribution in [-0.2, 0) is 23.8 Å². The Hall–Kier alpha value is -3.96. The van der Waals surface area contributed by atoms with Crippen LogP contribution in [0.25, 0.3) is 0 Å². The summed E-state index contributed by atoms with van der Waals surface area (Å²) in [7, 11) is 0. The summed E-state index contributed by atoms with van der Waals surface area (Å²) < 4.78 is 17.2. The number of ether oxygens (including phenoxy) is 3. The summed E-state index contributed by atoms with van der Waals surface area (Å²) in [6.07, 6.45) is 73.5. The lowest BCUT2D eigenvalue weighted by atomic mass is 10.1. The molecule has 0 fully saturated rings. The summed E-state index contributed by atoms with van der Waals surface area (Å²) in [6, 6.07) is 0. The maximum atomic E-state index is 12.7. The van der Waals surface area contributed by atoms with Crippen LogP contribution >= 0.6 is 0 Å². The van der Waals surface area contributed by atoms with Gasteiger partial charge in [-0.3, -0.25) is 9.59 Å². The average molecular weight is 855 g/mol. The van der Waals surface area contributed by atoms with Gasteiger partial charge in [0.25, 0.3) is 0 Å². The van der Waals surface area contributed by atoms with Crippen molar-refractivity contribution in [2.24, 2.45) is 0 Å². The molecule has 0 aliphatic carbocycles. The zero-order chi connectivity index (χ0) is 44.9. The van der Waals surface area contributed by atoms with Crippen molar-refractivity contribution in [3.8, 4) is 0 Å². The predicted octanol–water partition coefficient (Wildman–Crippen LogP) is 16.8. The minimum absolute atomic E-state index is 0.00818. The third kappa shape index (κ3) is 48.7. The fourth-order valence-corrected chi connectivity index (χ4v) is 6.13. The van der Waals surface area contributed by atoms with Crippen molar-refractivity contribution >= 4 is 11.9 Å². The van der Waals surface area contributed by atoms with Gasteiger partial charge in [0.05, 0.1) is 13.2 Å². The first-order valence-electron chi connectivity index (χ1n) is 24.7. The van der Waals surface area contributed by atoms with Gasteiger partial charge in [0.2, 0.25) is 0 Å². The molecule has 0 bridgehead atoms. The molecule has 0 spiro atoms. The Bertz CT molecular complexity index is 1330. The molecule has 0 aromatic carbocycles. The van der Waals surface area contributed by atoms with Gasteiger partial charge in [-0.2, -0.15) is 0 Å². The van der Waals surface area contributed by atoms with Gasteiger partial charge in [-0.05, 0) is 89.9 Å². The van der Waals surface area contributed by atoms with Crippen LogP contribution in [0.15, 0.2) is 134 Å². The zero-order valence-corrected chi connectivity index (χ0v) is 39.8. The summed E-state index contributed by atoms with van der Waals surface area (Å²) in [5.41, 5.74) is 0. The van der Waals surface area contributed by atoms with Gasteiger partial charge in [0.15, 0.2) is 6.10 Å². The van der Waals surface area contributed by atoms with Crippen LogP contribution in [0.3, 0.4) is 0 Å². The van der Waals surface area contributed by atoms with Crippen molar-refractivity contribution in [1.29, 1.82) is 0 Å². The second-order valence-corrected chi connectivity index (χ2v) is 15.6. The molecular weight excluding hydrogens is 765 g/mol. The van der Waals surface area contributed by atoms with Crippen molar-refractivity contribution in [2.75, 3.05) is 19.8 Å². The number of unbranched alkanes of at least 4 members (excludes halogenated alkanes) is 10. The molecule has 5 heteroatoms. The molecule has 0 aliphatic rings. The Morgan fingerprint density at radius 1 is 0.371 bits per heavy atom. The van der Waals surface area contributed by atoms with Gasteiger partial charge in [-0.15, -0.1) is 0 Å². The number of carbonyl (C=O) groups is 2. The average Bonchev–Trinajstić information content (AvgIpc) is 3.27. The first-order valence-corrected chi connectivity index (χ1v) is 24.7. The first kappa shape index (κ1) is 58.0. The van der Waals surface area contributed by atoms with E-state index in [0.717, 1.165) is 96.3 Å². The van der Waals surface area contributed by atoms with Crippen molar-refractivity contribution in [2.45, 2.75) is 194 Å². The van der Waals surface area contributed by atoms with E-state index < -0.39 is 6.10 Å². The number of rotatable bonds is 43. The van der Waals surface area contributed by atoms with Crippen LogP contribution in [0.4, 0.5) is 0 Å². The van der Waals surface area contributed by atoms with Crippen molar-refractivity contribution < 1.29 is 23.8 Å². The maximum Gasteiger partial charge on any atom is 0.306 e.